The minimum atomic E-state index is -0.470. The number of amides is 1. The molecule has 0 saturated carbocycles. The van der Waals surface area contributed by atoms with Crippen molar-refractivity contribution in [1.82, 2.24) is 14.8 Å². The number of ether oxygens (including phenoxy) is 2. The number of anilines is 1. The maximum atomic E-state index is 13.1. The van der Waals surface area contributed by atoms with Crippen LogP contribution in [0, 0.1) is 5.82 Å². The van der Waals surface area contributed by atoms with Crippen molar-refractivity contribution in [3.63, 3.8) is 0 Å². The summed E-state index contributed by atoms with van der Waals surface area (Å²) in [5.41, 5.74) is 0.929. The second-order valence-corrected chi connectivity index (χ2v) is 8.52. The summed E-state index contributed by atoms with van der Waals surface area (Å²) in [5.74, 6) is 0.856. The molecule has 170 valence electrons. The maximum absolute atomic E-state index is 13.1. The van der Waals surface area contributed by atoms with Crippen LogP contribution >= 0.6 is 11.8 Å². The molecule has 0 fully saturated rings. The minimum absolute atomic E-state index is 0.0429. The molecule has 0 radical (unpaired) electrons. The summed E-state index contributed by atoms with van der Waals surface area (Å²) in [6.45, 7) is 6.07. The summed E-state index contributed by atoms with van der Waals surface area (Å²) < 4.78 is 25.9. The molecule has 1 aromatic heterocycles. The van der Waals surface area contributed by atoms with E-state index in [1.165, 1.54) is 36.0 Å². The summed E-state index contributed by atoms with van der Waals surface area (Å²) in [7, 11) is 0. The molecule has 1 unspecified atom stereocenters. The monoisotopic (exact) mass is 468 g/mol. The number of Topliss-reactive ketones (excluding diaryl/α,β-unsaturated/α-hetero) is 1. The largest absolute Gasteiger partial charge is 0.486 e. The van der Waals surface area contributed by atoms with Gasteiger partial charge in [0.25, 0.3) is 5.91 Å². The number of carbonyl (C=O) groups excluding carboxylic acids is 2. The molecule has 1 atom stereocenters. The van der Waals surface area contributed by atoms with Gasteiger partial charge in [-0.05, 0) is 49.4 Å². The highest BCUT2D eigenvalue weighted by atomic mass is 32.2. The van der Waals surface area contributed by atoms with E-state index in [2.05, 4.69) is 22.1 Å². The molecule has 33 heavy (non-hydrogen) atoms. The van der Waals surface area contributed by atoms with E-state index in [1.54, 1.807) is 31.2 Å². The van der Waals surface area contributed by atoms with Crippen LogP contribution in [0.5, 0.6) is 11.5 Å². The van der Waals surface area contributed by atoms with E-state index < -0.39 is 5.25 Å². The highest BCUT2D eigenvalue weighted by molar-refractivity contribution is 8.00. The normalized spacial score (nSPS) is 13.5. The number of aromatic nitrogens is 3. The average Bonchev–Trinajstić information content (AvgIpc) is 3.19. The third kappa shape index (κ3) is 5.23. The summed E-state index contributed by atoms with van der Waals surface area (Å²) in [6.07, 6.45) is 1.70. The molecule has 1 aliphatic heterocycles. The van der Waals surface area contributed by atoms with E-state index in [0.717, 1.165) is 0 Å². The minimum Gasteiger partial charge on any atom is -0.486 e. The van der Waals surface area contributed by atoms with Gasteiger partial charge in [-0.2, -0.15) is 0 Å². The fourth-order valence-corrected chi connectivity index (χ4v) is 4.14. The zero-order chi connectivity index (χ0) is 23.4. The van der Waals surface area contributed by atoms with Crippen molar-refractivity contribution < 1.29 is 23.5 Å². The van der Waals surface area contributed by atoms with Gasteiger partial charge in [-0.25, -0.2) is 4.39 Å². The predicted octanol–water partition coefficient (Wildman–Crippen LogP) is 3.88. The zero-order valence-corrected chi connectivity index (χ0v) is 18.6. The Morgan fingerprint density at radius 3 is 2.88 bits per heavy atom. The van der Waals surface area contributed by atoms with Crippen molar-refractivity contribution in [1.29, 1.82) is 0 Å². The van der Waals surface area contributed by atoms with Gasteiger partial charge in [0.1, 0.15) is 23.9 Å². The summed E-state index contributed by atoms with van der Waals surface area (Å²) in [5, 5.41) is 11.2. The molecule has 3 aromatic rings. The molecule has 2 heterocycles. The Morgan fingerprint density at radius 1 is 1.33 bits per heavy atom. The molecular formula is C23H21FN4O4S. The van der Waals surface area contributed by atoms with E-state index in [1.807, 2.05) is 4.57 Å². The van der Waals surface area contributed by atoms with E-state index in [4.69, 9.17) is 9.47 Å². The van der Waals surface area contributed by atoms with Crippen LogP contribution in [0.25, 0.3) is 0 Å². The number of nitrogens with zero attached hydrogens (tertiary/aromatic N) is 3. The van der Waals surface area contributed by atoms with E-state index >= 15 is 0 Å². The van der Waals surface area contributed by atoms with Gasteiger partial charge < -0.3 is 14.8 Å². The highest BCUT2D eigenvalue weighted by Gasteiger charge is 2.23. The Labute approximate surface area is 193 Å². The number of allylic oxidation sites excluding steroid dienone is 1. The van der Waals surface area contributed by atoms with Crippen LogP contribution in [0.15, 0.2) is 60.3 Å². The van der Waals surface area contributed by atoms with Crippen LogP contribution < -0.4 is 14.8 Å². The fourth-order valence-electron chi connectivity index (χ4n) is 3.19. The Bertz CT molecular complexity index is 1200. The second kappa shape index (κ2) is 9.86. The maximum Gasteiger partial charge on any atom is 0.262 e. The van der Waals surface area contributed by atoms with Crippen molar-refractivity contribution in [2.75, 3.05) is 11.9 Å². The van der Waals surface area contributed by atoms with Gasteiger partial charge in [0.05, 0.1) is 10.9 Å². The molecule has 1 aliphatic rings. The third-order valence-corrected chi connectivity index (χ3v) is 5.92. The first kappa shape index (κ1) is 22.5. The Balaban J connectivity index is 1.47. The first-order chi connectivity index (χ1) is 15.9. The molecule has 2 aromatic carbocycles. The SMILES string of the molecule is C=CCn1c(COc2ccc(F)cc2)nnc1SC(C)C(=O)c1ccc2c(c1)NC(=O)CO2. The number of rotatable bonds is 9. The molecule has 0 bridgehead atoms. The van der Waals surface area contributed by atoms with Gasteiger partial charge >= 0.3 is 0 Å². The van der Waals surface area contributed by atoms with Crippen LogP contribution in [0.4, 0.5) is 10.1 Å². The first-order valence-corrected chi connectivity index (χ1v) is 11.0. The number of benzene rings is 2. The van der Waals surface area contributed by atoms with Crippen LogP contribution in [0.2, 0.25) is 0 Å². The zero-order valence-electron chi connectivity index (χ0n) is 17.8. The number of ketones is 1. The third-order valence-electron chi connectivity index (χ3n) is 4.84. The standard InChI is InChI=1S/C23H21FN4O4S/c1-3-10-28-20(12-31-17-7-5-16(24)6-8-17)26-27-23(28)33-14(2)22(30)15-4-9-19-18(11-15)25-21(29)13-32-19/h3-9,11,14H,1,10,12-13H2,2H3,(H,25,29). The quantitative estimate of drug-likeness (QED) is 0.289. The van der Waals surface area contributed by atoms with Gasteiger partial charge in [-0.1, -0.05) is 17.8 Å². The lowest BCUT2D eigenvalue weighted by Crippen LogP contribution is -2.25. The van der Waals surface area contributed by atoms with Crippen molar-refractivity contribution in [2.45, 2.75) is 30.5 Å². The number of hydrogen-bond acceptors (Lipinski definition) is 7. The Morgan fingerprint density at radius 2 is 2.12 bits per heavy atom. The Hall–Kier alpha value is -3.66. The van der Waals surface area contributed by atoms with Gasteiger partial charge in [0, 0.05) is 12.1 Å². The lowest BCUT2D eigenvalue weighted by molar-refractivity contribution is -0.118. The van der Waals surface area contributed by atoms with Crippen LogP contribution in [0.1, 0.15) is 23.1 Å². The van der Waals surface area contributed by atoms with Gasteiger partial charge in [-0.3, -0.25) is 14.2 Å². The molecule has 0 saturated heterocycles. The van der Waals surface area contributed by atoms with E-state index in [0.29, 0.717) is 40.3 Å². The van der Waals surface area contributed by atoms with Crippen LogP contribution in [-0.4, -0.2) is 38.3 Å². The van der Waals surface area contributed by atoms with Crippen molar-refractivity contribution in [3.8, 4) is 11.5 Å². The van der Waals surface area contributed by atoms with Crippen LogP contribution in [-0.2, 0) is 17.9 Å². The number of fused-ring (bicyclic) bond motifs is 1. The molecule has 0 aliphatic carbocycles. The molecule has 1 amide bonds. The second-order valence-electron chi connectivity index (χ2n) is 7.21. The molecular weight excluding hydrogens is 447 g/mol. The van der Waals surface area contributed by atoms with E-state index in [-0.39, 0.29) is 30.7 Å². The molecule has 8 nitrogen and oxygen atoms in total. The number of thioether (sulfide) groups is 1. The lowest BCUT2D eigenvalue weighted by atomic mass is 10.1. The number of hydrogen-bond donors (Lipinski definition) is 1. The number of carbonyl (C=O) groups is 2. The molecule has 1 N–H and O–H groups in total. The Kier molecular flexibility index (Phi) is 6.74. The molecule has 10 heteroatoms. The van der Waals surface area contributed by atoms with Crippen molar-refractivity contribution in [2.24, 2.45) is 0 Å². The predicted molar refractivity (Wildman–Crippen MR) is 121 cm³/mol. The van der Waals surface area contributed by atoms with E-state index in [9.17, 15) is 14.0 Å². The van der Waals surface area contributed by atoms with Crippen molar-refractivity contribution >= 4 is 29.1 Å². The van der Waals surface area contributed by atoms with Gasteiger partial charge in [0.15, 0.2) is 23.4 Å². The fraction of sp³-hybridized carbons (Fsp3) is 0.217. The molecule has 0 spiro atoms. The van der Waals surface area contributed by atoms with Gasteiger partial charge in [-0.15, -0.1) is 16.8 Å². The first-order valence-electron chi connectivity index (χ1n) is 10.1. The molecule has 4 rings (SSSR count). The topological polar surface area (TPSA) is 95.3 Å². The van der Waals surface area contributed by atoms with Crippen LogP contribution in [0.3, 0.4) is 0 Å². The number of halogens is 1. The average molecular weight is 469 g/mol. The van der Waals surface area contributed by atoms with Gasteiger partial charge in [0.2, 0.25) is 0 Å². The summed E-state index contributed by atoms with van der Waals surface area (Å²) >= 11 is 1.26. The smallest absolute Gasteiger partial charge is 0.262 e. The number of nitrogens with one attached hydrogen (secondary N) is 1. The lowest BCUT2D eigenvalue weighted by Gasteiger charge is -2.19. The summed E-state index contributed by atoms with van der Waals surface area (Å²) in [4.78, 5) is 24.6. The summed E-state index contributed by atoms with van der Waals surface area (Å²) in [6, 6.07) is 10.7. The highest BCUT2D eigenvalue weighted by Crippen LogP contribution is 2.31. The van der Waals surface area contributed by atoms with Crippen molar-refractivity contribution in [3.05, 3.63) is 72.3 Å².